The Bertz CT molecular complexity index is 901. The van der Waals surface area contributed by atoms with E-state index < -0.39 is 0 Å². The Hall–Kier alpha value is -1.72. The summed E-state index contributed by atoms with van der Waals surface area (Å²) in [5.41, 5.74) is 2.04. The van der Waals surface area contributed by atoms with Gasteiger partial charge in [-0.2, -0.15) is 0 Å². The Morgan fingerprint density at radius 1 is 1.16 bits per heavy atom. The summed E-state index contributed by atoms with van der Waals surface area (Å²) in [6.45, 7) is 14.0. The van der Waals surface area contributed by atoms with Gasteiger partial charge in [-0.25, -0.2) is 4.39 Å². The van der Waals surface area contributed by atoms with E-state index in [0.717, 1.165) is 18.3 Å². The smallest absolute Gasteiger partial charge is 0.148 e. The number of likely N-dealkylation sites (tertiary alicyclic amines) is 1. The highest BCUT2D eigenvalue weighted by atomic mass is 35.5. The van der Waals surface area contributed by atoms with Gasteiger partial charge in [0.05, 0.1) is 10.7 Å². The molecule has 1 saturated carbocycles. The van der Waals surface area contributed by atoms with Gasteiger partial charge in [-0.05, 0) is 91.9 Å². The zero-order valence-corrected chi connectivity index (χ0v) is 19.8. The first-order valence-electron chi connectivity index (χ1n) is 11.4. The van der Waals surface area contributed by atoms with Crippen LogP contribution >= 0.6 is 11.6 Å². The van der Waals surface area contributed by atoms with Gasteiger partial charge in [-0.1, -0.05) is 39.3 Å². The van der Waals surface area contributed by atoms with Crippen molar-refractivity contribution in [2.24, 2.45) is 22.7 Å². The van der Waals surface area contributed by atoms with Crippen LogP contribution < -0.4 is 5.32 Å². The monoisotopic (exact) mass is 444 g/mol. The summed E-state index contributed by atoms with van der Waals surface area (Å²) in [4.78, 5) is 2.65. The lowest BCUT2D eigenvalue weighted by atomic mass is 9.87. The molecule has 2 fully saturated rings. The van der Waals surface area contributed by atoms with Crippen molar-refractivity contribution in [2.75, 3.05) is 31.5 Å². The third kappa shape index (κ3) is 5.04. The van der Waals surface area contributed by atoms with Crippen LogP contribution in [-0.2, 0) is 0 Å². The van der Waals surface area contributed by atoms with Crippen molar-refractivity contribution >= 4 is 17.4 Å². The molecule has 1 aromatic carbocycles. The molecule has 2 aromatic rings. The predicted molar refractivity (Wildman–Crippen MR) is 126 cm³/mol. The van der Waals surface area contributed by atoms with Gasteiger partial charge in [0.1, 0.15) is 11.6 Å². The van der Waals surface area contributed by atoms with E-state index in [1.54, 1.807) is 6.07 Å². The average molecular weight is 445 g/mol. The van der Waals surface area contributed by atoms with Crippen LogP contribution in [0.25, 0.3) is 11.3 Å². The Kier molecular flexibility index (Phi) is 6.28. The zero-order valence-electron chi connectivity index (χ0n) is 19.1. The summed E-state index contributed by atoms with van der Waals surface area (Å²) < 4.78 is 13.5. The fraction of sp³-hybridized carbons (Fsp3) is 0.600. The normalized spacial score (nSPS) is 23.2. The molecule has 2 atom stereocenters. The predicted octanol–water partition coefficient (Wildman–Crippen LogP) is 6.13. The minimum atomic E-state index is -0.333. The molecule has 1 unspecified atom stereocenters. The van der Waals surface area contributed by atoms with Crippen LogP contribution in [0.1, 0.15) is 47.0 Å². The summed E-state index contributed by atoms with van der Waals surface area (Å²) in [5, 5.41) is 12.5. The maximum atomic E-state index is 13.5. The molecule has 0 radical (unpaired) electrons. The quantitative estimate of drug-likeness (QED) is 0.581. The minimum Gasteiger partial charge on any atom is -0.368 e. The second kappa shape index (κ2) is 8.67. The third-order valence-electron chi connectivity index (χ3n) is 7.48. The van der Waals surface area contributed by atoms with Crippen LogP contribution in [0.3, 0.4) is 0 Å². The van der Waals surface area contributed by atoms with Gasteiger partial charge in [0.25, 0.3) is 0 Å². The molecule has 1 spiro atoms. The average Bonchev–Trinajstić information content (AvgIpc) is 3.28. The molecule has 4 nitrogen and oxygen atoms in total. The number of piperidine rings is 1. The van der Waals surface area contributed by atoms with Crippen molar-refractivity contribution in [1.82, 2.24) is 15.1 Å². The second-order valence-electron chi connectivity index (χ2n) is 10.6. The van der Waals surface area contributed by atoms with Crippen molar-refractivity contribution < 1.29 is 4.39 Å². The Labute approximate surface area is 190 Å². The van der Waals surface area contributed by atoms with Crippen molar-refractivity contribution in [2.45, 2.75) is 47.0 Å². The van der Waals surface area contributed by atoms with E-state index in [9.17, 15) is 4.39 Å². The molecule has 1 aliphatic carbocycles. The van der Waals surface area contributed by atoms with Crippen molar-refractivity contribution in [3.63, 3.8) is 0 Å². The first-order valence-corrected chi connectivity index (χ1v) is 11.8. The van der Waals surface area contributed by atoms with Crippen molar-refractivity contribution in [3.05, 3.63) is 41.2 Å². The highest BCUT2D eigenvalue weighted by Crippen LogP contribution is 2.64. The Balaban J connectivity index is 1.29. The Morgan fingerprint density at radius 3 is 2.55 bits per heavy atom. The van der Waals surface area contributed by atoms with E-state index in [0.29, 0.717) is 33.0 Å². The summed E-state index contributed by atoms with van der Waals surface area (Å²) >= 11 is 6.18. The molecule has 4 rings (SSSR count). The first kappa shape index (κ1) is 22.5. The summed E-state index contributed by atoms with van der Waals surface area (Å²) in [6, 6.07) is 8.02. The van der Waals surface area contributed by atoms with Gasteiger partial charge < -0.3 is 10.2 Å². The lowest BCUT2D eigenvalue weighted by Gasteiger charge is -2.35. The molecule has 1 aliphatic heterocycles. The van der Waals surface area contributed by atoms with Gasteiger partial charge in [-0.3, -0.25) is 0 Å². The summed E-state index contributed by atoms with van der Waals surface area (Å²) in [6.07, 6.45) is 3.86. The Morgan fingerprint density at radius 2 is 1.90 bits per heavy atom. The third-order valence-corrected chi connectivity index (χ3v) is 7.81. The topological polar surface area (TPSA) is 41.1 Å². The van der Waals surface area contributed by atoms with Gasteiger partial charge in [-0.15, -0.1) is 10.2 Å². The number of halogens is 2. The largest absolute Gasteiger partial charge is 0.368 e. The fourth-order valence-corrected chi connectivity index (χ4v) is 5.39. The molecule has 1 saturated heterocycles. The molecule has 6 heteroatoms. The van der Waals surface area contributed by atoms with Gasteiger partial charge in [0.2, 0.25) is 0 Å². The highest BCUT2D eigenvalue weighted by molar-refractivity contribution is 6.33. The van der Waals surface area contributed by atoms with E-state index in [2.05, 4.69) is 48.1 Å². The fourth-order valence-electron chi connectivity index (χ4n) is 5.17. The zero-order chi connectivity index (χ0) is 22.2. The second-order valence-corrected chi connectivity index (χ2v) is 11.0. The van der Waals surface area contributed by atoms with Crippen LogP contribution in [0.15, 0.2) is 30.3 Å². The summed E-state index contributed by atoms with van der Waals surface area (Å²) in [7, 11) is 0. The standard InChI is InChI=1S/C25H34ClFN4/c1-17-20(25(17)10-13-31(14-11-25)12-9-24(2,3)4)16-28-23-8-7-22(29-30-23)19-15-18(27)5-6-21(19)26/h5-8,15,17,20H,9-14,16H2,1-4H3,(H,28,30)/t17-,20?/m1/s1. The maximum absolute atomic E-state index is 13.5. The summed E-state index contributed by atoms with van der Waals surface area (Å²) in [5.74, 6) is 1.87. The minimum absolute atomic E-state index is 0.333. The molecule has 168 valence electrons. The van der Waals surface area contributed by atoms with E-state index in [1.807, 2.05) is 12.1 Å². The van der Waals surface area contributed by atoms with Crippen molar-refractivity contribution in [1.29, 1.82) is 0 Å². The SMILES string of the molecule is C[C@@H]1C(CNc2ccc(-c3cc(F)ccc3Cl)nn2)C12CCN(CCC(C)(C)C)CC2. The number of rotatable bonds is 6. The number of aromatic nitrogens is 2. The lowest BCUT2D eigenvalue weighted by molar-refractivity contribution is 0.141. The molecule has 2 aliphatic rings. The number of nitrogens with one attached hydrogen (secondary N) is 1. The van der Waals surface area contributed by atoms with E-state index in [4.69, 9.17) is 11.6 Å². The van der Waals surface area contributed by atoms with E-state index in [-0.39, 0.29) is 5.82 Å². The van der Waals surface area contributed by atoms with Crippen LogP contribution in [0.4, 0.5) is 10.2 Å². The van der Waals surface area contributed by atoms with Crippen LogP contribution in [-0.4, -0.2) is 41.3 Å². The van der Waals surface area contributed by atoms with Crippen LogP contribution in [0.2, 0.25) is 5.02 Å². The van der Waals surface area contributed by atoms with Crippen LogP contribution in [0, 0.1) is 28.5 Å². The molecular weight excluding hydrogens is 411 g/mol. The van der Waals surface area contributed by atoms with Gasteiger partial charge in [0, 0.05) is 12.1 Å². The molecule has 1 N–H and O–H groups in total. The molecule has 2 heterocycles. The molecule has 0 bridgehead atoms. The number of hydrogen-bond acceptors (Lipinski definition) is 4. The number of benzene rings is 1. The van der Waals surface area contributed by atoms with Crippen LogP contribution in [0.5, 0.6) is 0 Å². The van der Waals surface area contributed by atoms with Gasteiger partial charge in [0.15, 0.2) is 0 Å². The molecule has 0 amide bonds. The van der Waals surface area contributed by atoms with E-state index >= 15 is 0 Å². The van der Waals surface area contributed by atoms with E-state index in [1.165, 1.54) is 51.0 Å². The molecule has 31 heavy (non-hydrogen) atoms. The lowest BCUT2D eigenvalue weighted by Crippen LogP contribution is -2.37. The number of nitrogens with zero attached hydrogens (tertiary/aromatic N) is 3. The van der Waals surface area contributed by atoms with Gasteiger partial charge >= 0.3 is 0 Å². The molecule has 1 aromatic heterocycles. The first-order chi connectivity index (χ1) is 14.7. The highest BCUT2D eigenvalue weighted by Gasteiger charge is 2.61. The number of anilines is 1. The molecular formula is C25H34ClFN4. The number of hydrogen-bond donors (Lipinski definition) is 1. The van der Waals surface area contributed by atoms with Crippen molar-refractivity contribution in [3.8, 4) is 11.3 Å². The maximum Gasteiger partial charge on any atom is 0.148 e.